The molecule has 3 rings (SSSR count). The van der Waals surface area contributed by atoms with E-state index in [9.17, 15) is 0 Å². The highest BCUT2D eigenvalue weighted by atomic mass is 16.5. The van der Waals surface area contributed by atoms with Gasteiger partial charge in [-0.1, -0.05) is 108 Å². The van der Waals surface area contributed by atoms with E-state index in [4.69, 9.17) is 9.47 Å². The van der Waals surface area contributed by atoms with E-state index in [2.05, 4.69) is 62.4 Å². The first-order valence-corrected chi connectivity index (χ1v) is 13.3. The fraction of sp³-hybridized carbons (Fsp3) is 0.600. The summed E-state index contributed by atoms with van der Waals surface area (Å²) in [6.07, 6.45) is 17.4. The Balaban J connectivity index is 1.41. The molecule has 2 aromatic rings. The number of unbranched alkanes of at least 4 members (excludes halogenated alkanes) is 8. The molecule has 176 valence electrons. The fourth-order valence-electron chi connectivity index (χ4n) is 4.67. The minimum atomic E-state index is 0.276. The molecule has 1 fully saturated rings. The van der Waals surface area contributed by atoms with E-state index < -0.39 is 0 Å². The summed E-state index contributed by atoms with van der Waals surface area (Å²) in [4.78, 5) is 0. The second kappa shape index (κ2) is 14.4. The maximum Gasteiger partial charge on any atom is 0.119 e. The van der Waals surface area contributed by atoms with Crippen molar-refractivity contribution in [1.29, 1.82) is 0 Å². The largest absolute Gasteiger partial charge is 0.494 e. The van der Waals surface area contributed by atoms with Gasteiger partial charge < -0.3 is 9.47 Å². The Morgan fingerprint density at radius 3 is 1.97 bits per heavy atom. The molecule has 1 aliphatic heterocycles. The molecule has 0 aliphatic carbocycles. The van der Waals surface area contributed by atoms with Crippen LogP contribution < -0.4 is 4.74 Å². The highest BCUT2D eigenvalue weighted by Gasteiger charge is 2.25. The Bertz CT molecular complexity index is 734. The average Bonchev–Trinajstić information content (AvgIpc) is 3.31. The zero-order chi connectivity index (χ0) is 22.4. The summed E-state index contributed by atoms with van der Waals surface area (Å²) in [5.41, 5.74) is 3.82. The van der Waals surface area contributed by atoms with Crippen LogP contribution in [0.5, 0.6) is 5.75 Å². The molecule has 1 saturated heterocycles. The van der Waals surface area contributed by atoms with Gasteiger partial charge in [0.15, 0.2) is 0 Å². The summed E-state index contributed by atoms with van der Waals surface area (Å²) in [5.74, 6) is 0.975. The Hall–Kier alpha value is -1.80. The molecule has 0 bridgehead atoms. The first kappa shape index (κ1) is 24.8. The molecule has 0 saturated carbocycles. The van der Waals surface area contributed by atoms with Gasteiger partial charge in [-0.2, -0.15) is 0 Å². The van der Waals surface area contributed by atoms with E-state index in [0.29, 0.717) is 6.10 Å². The van der Waals surface area contributed by atoms with Crippen molar-refractivity contribution in [3.05, 3.63) is 54.1 Å². The van der Waals surface area contributed by atoms with Crippen LogP contribution in [0.25, 0.3) is 11.1 Å². The van der Waals surface area contributed by atoms with Crippen LogP contribution in [0.2, 0.25) is 0 Å². The zero-order valence-corrected chi connectivity index (χ0v) is 20.5. The van der Waals surface area contributed by atoms with Crippen LogP contribution in [0.1, 0.15) is 109 Å². The molecule has 0 amide bonds. The van der Waals surface area contributed by atoms with Crippen molar-refractivity contribution in [2.24, 2.45) is 0 Å². The van der Waals surface area contributed by atoms with E-state index in [0.717, 1.165) is 25.2 Å². The van der Waals surface area contributed by atoms with Crippen molar-refractivity contribution in [1.82, 2.24) is 0 Å². The number of ether oxygens (including phenoxy) is 2. The highest BCUT2D eigenvalue weighted by molar-refractivity contribution is 5.64. The van der Waals surface area contributed by atoms with Crippen molar-refractivity contribution < 1.29 is 9.47 Å². The van der Waals surface area contributed by atoms with Gasteiger partial charge in [0.25, 0.3) is 0 Å². The topological polar surface area (TPSA) is 18.5 Å². The first-order valence-electron chi connectivity index (χ1n) is 13.3. The second-order valence-corrected chi connectivity index (χ2v) is 9.44. The molecule has 2 aromatic carbocycles. The van der Waals surface area contributed by atoms with Gasteiger partial charge in [-0.15, -0.1) is 0 Å². The van der Waals surface area contributed by atoms with Gasteiger partial charge in [0.05, 0.1) is 18.8 Å². The van der Waals surface area contributed by atoms with Crippen molar-refractivity contribution >= 4 is 0 Å². The predicted octanol–water partition coefficient (Wildman–Crippen LogP) is 9.28. The Morgan fingerprint density at radius 1 is 0.688 bits per heavy atom. The fourth-order valence-corrected chi connectivity index (χ4v) is 4.67. The monoisotopic (exact) mass is 436 g/mol. The van der Waals surface area contributed by atoms with Crippen molar-refractivity contribution in [2.75, 3.05) is 6.61 Å². The van der Waals surface area contributed by atoms with E-state index in [-0.39, 0.29) is 6.10 Å². The van der Waals surface area contributed by atoms with Crippen LogP contribution in [-0.2, 0) is 4.74 Å². The molecule has 32 heavy (non-hydrogen) atoms. The molecular formula is C30H44O2. The highest BCUT2D eigenvalue weighted by Crippen LogP contribution is 2.35. The molecule has 2 heteroatoms. The molecule has 0 spiro atoms. The molecule has 0 unspecified atom stereocenters. The summed E-state index contributed by atoms with van der Waals surface area (Å²) in [7, 11) is 0. The zero-order valence-electron chi connectivity index (χ0n) is 20.5. The first-order chi connectivity index (χ1) is 15.8. The number of benzene rings is 2. The van der Waals surface area contributed by atoms with Gasteiger partial charge in [-0.3, -0.25) is 0 Å². The molecule has 2 atom stereocenters. The summed E-state index contributed by atoms with van der Waals surface area (Å²) in [6, 6.07) is 17.5. The third-order valence-corrected chi connectivity index (χ3v) is 6.72. The lowest BCUT2D eigenvalue weighted by Gasteiger charge is -2.14. The third kappa shape index (κ3) is 8.28. The SMILES string of the molecule is CCCCCCCCOc1ccc(-c2ccc([C@@H]3CC[C@@H](CCCCCC)O3)cc2)cc1. The minimum absolute atomic E-state index is 0.276. The molecule has 0 aromatic heterocycles. The van der Waals surface area contributed by atoms with Crippen molar-refractivity contribution in [2.45, 2.75) is 110 Å². The third-order valence-electron chi connectivity index (χ3n) is 6.72. The van der Waals surface area contributed by atoms with Gasteiger partial charge in [0, 0.05) is 0 Å². The smallest absolute Gasteiger partial charge is 0.119 e. The lowest BCUT2D eigenvalue weighted by Crippen LogP contribution is -2.06. The number of hydrogen-bond donors (Lipinski definition) is 0. The Morgan fingerprint density at radius 2 is 1.28 bits per heavy atom. The molecule has 0 radical (unpaired) electrons. The van der Waals surface area contributed by atoms with Gasteiger partial charge in [-0.05, 0) is 54.5 Å². The summed E-state index contributed by atoms with van der Waals surface area (Å²) < 4.78 is 12.3. The maximum atomic E-state index is 6.35. The van der Waals surface area contributed by atoms with Crippen LogP contribution >= 0.6 is 0 Å². The second-order valence-electron chi connectivity index (χ2n) is 9.44. The van der Waals surface area contributed by atoms with Crippen LogP contribution in [-0.4, -0.2) is 12.7 Å². The van der Waals surface area contributed by atoms with E-state index in [1.54, 1.807) is 0 Å². The quantitative estimate of drug-likeness (QED) is 0.259. The molecule has 1 aliphatic rings. The lowest BCUT2D eigenvalue weighted by molar-refractivity contribution is 0.0386. The average molecular weight is 437 g/mol. The summed E-state index contributed by atoms with van der Waals surface area (Å²) >= 11 is 0. The van der Waals surface area contributed by atoms with Crippen LogP contribution in [0.4, 0.5) is 0 Å². The van der Waals surface area contributed by atoms with Crippen LogP contribution in [0, 0.1) is 0 Å². The number of hydrogen-bond acceptors (Lipinski definition) is 2. The van der Waals surface area contributed by atoms with Gasteiger partial charge >= 0.3 is 0 Å². The molecule has 2 nitrogen and oxygen atoms in total. The van der Waals surface area contributed by atoms with Crippen LogP contribution in [0.3, 0.4) is 0 Å². The summed E-state index contributed by atoms with van der Waals surface area (Å²) in [5, 5.41) is 0. The van der Waals surface area contributed by atoms with Crippen molar-refractivity contribution in [3.63, 3.8) is 0 Å². The minimum Gasteiger partial charge on any atom is -0.494 e. The van der Waals surface area contributed by atoms with Crippen LogP contribution in [0.15, 0.2) is 48.5 Å². The summed E-state index contributed by atoms with van der Waals surface area (Å²) in [6.45, 7) is 5.35. The maximum absolute atomic E-state index is 6.35. The van der Waals surface area contributed by atoms with E-state index >= 15 is 0 Å². The Labute approximate surface area is 196 Å². The van der Waals surface area contributed by atoms with E-state index in [1.165, 1.54) is 87.3 Å². The molecule has 1 heterocycles. The molecular weight excluding hydrogens is 392 g/mol. The van der Waals surface area contributed by atoms with E-state index in [1.807, 2.05) is 0 Å². The number of rotatable bonds is 15. The van der Waals surface area contributed by atoms with Gasteiger partial charge in [-0.25, -0.2) is 0 Å². The van der Waals surface area contributed by atoms with Gasteiger partial charge in [0.2, 0.25) is 0 Å². The van der Waals surface area contributed by atoms with Gasteiger partial charge in [0.1, 0.15) is 5.75 Å². The lowest BCUT2D eigenvalue weighted by atomic mass is 10.0. The standard InChI is InChI=1S/C30H44O2/c1-3-5-7-9-10-12-24-31-28-20-18-26(19-21-28)25-14-16-27(17-15-25)30-23-22-29(32-30)13-11-8-6-4-2/h14-21,29-30H,3-13,22-24H2,1-2H3/t29-,30+/m1/s1. The predicted molar refractivity (Wildman–Crippen MR) is 136 cm³/mol. The normalized spacial score (nSPS) is 18.2. The van der Waals surface area contributed by atoms with Crippen molar-refractivity contribution in [3.8, 4) is 16.9 Å². The molecule has 0 N–H and O–H groups in total. The Kier molecular flexibility index (Phi) is 11.2.